The predicted molar refractivity (Wildman–Crippen MR) is 90.8 cm³/mol. The van der Waals surface area contributed by atoms with Gasteiger partial charge in [-0.25, -0.2) is 0 Å². The lowest BCUT2D eigenvalue weighted by atomic mass is 9.86. The van der Waals surface area contributed by atoms with Crippen LogP contribution in [-0.4, -0.2) is 26.0 Å². The number of nitrogens with two attached hydrogens (primary N) is 2. The quantitative estimate of drug-likeness (QED) is 0.855. The summed E-state index contributed by atoms with van der Waals surface area (Å²) in [4.78, 5) is 13.6. The molecule has 0 aliphatic carbocycles. The lowest BCUT2D eigenvalue weighted by Gasteiger charge is -2.22. The zero-order valence-electron chi connectivity index (χ0n) is 13.1. The second-order valence-electron chi connectivity index (χ2n) is 5.71. The molecule has 116 valence electrons. The van der Waals surface area contributed by atoms with Crippen LogP contribution in [0.4, 0.5) is 5.69 Å². The number of anilines is 1. The summed E-state index contributed by atoms with van der Waals surface area (Å²) in [6, 6.07) is 17.4. The van der Waals surface area contributed by atoms with E-state index >= 15 is 0 Å². The van der Waals surface area contributed by atoms with E-state index in [1.54, 1.807) is 0 Å². The molecule has 0 bridgehead atoms. The Morgan fingerprint density at radius 1 is 1.05 bits per heavy atom. The van der Waals surface area contributed by atoms with Gasteiger partial charge in [0, 0.05) is 25.7 Å². The summed E-state index contributed by atoms with van der Waals surface area (Å²) >= 11 is 0. The van der Waals surface area contributed by atoms with Crippen molar-refractivity contribution >= 4 is 11.6 Å². The van der Waals surface area contributed by atoms with E-state index in [1.165, 1.54) is 0 Å². The van der Waals surface area contributed by atoms with E-state index in [1.807, 2.05) is 49.3 Å². The van der Waals surface area contributed by atoms with Gasteiger partial charge in [-0.05, 0) is 29.7 Å². The van der Waals surface area contributed by atoms with E-state index in [2.05, 4.69) is 24.3 Å². The molecule has 0 aliphatic rings. The van der Waals surface area contributed by atoms with Crippen molar-refractivity contribution in [3.05, 3.63) is 65.7 Å². The first-order chi connectivity index (χ1) is 10.5. The molecule has 2 unspecified atom stereocenters. The summed E-state index contributed by atoms with van der Waals surface area (Å²) in [7, 11) is 4.01. The van der Waals surface area contributed by atoms with Crippen LogP contribution in [-0.2, 0) is 11.2 Å². The summed E-state index contributed by atoms with van der Waals surface area (Å²) in [5.41, 5.74) is 14.8. The number of hydrogen-bond donors (Lipinski definition) is 2. The highest BCUT2D eigenvalue weighted by atomic mass is 16.1. The van der Waals surface area contributed by atoms with Gasteiger partial charge in [0.2, 0.25) is 5.91 Å². The van der Waals surface area contributed by atoms with Gasteiger partial charge in [0.1, 0.15) is 0 Å². The first kappa shape index (κ1) is 16.0. The van der Waals surface area contributed by atoms with Gasteiger partial charge in [0.15, 0.2) is 0 Å². The van der Waals surface area contributed by atoms with Crippen LogP contribution in [0, 0.1) is 0 Å². The van der Waals surface area contributed by atoms with Crippen molar-refractivity contribution in [2.24, 2.45) is 11.5 Å². The second-order valence-corrected chi connectivity index (χ2v) is 5.71. The summed E-state index contributed by atoms with van der Waals surface area (Å²) in [5, 5.41) is 0. The Kier molecular flexibility index (Phi) is 5.17. The molecule has 1 amide bonds. The third-order valence-electron chi connectivity index (χ3n) is 3.90. The summed E-state index contributed by atoms with van der Waals surface area (Å²) in [6.07, 6.45) is 0.682. The molecule has 0 saturated heterocycles. The topological polar surface area (TPSA) is 72.3 Å². The second kappa shape index (κ2) is 7.09. The fraction of sp³-hybridized carbons (Fsp3) is 0.278. The lowest BCUT2D eigenvalue weighted by Crippen LogP contribution is -2.42. The molecule has 0 heterocycles. The predicted octanol–water partition coefficient (Wildman–Crippen LogP) is 1.89. The minimum atomic E-state index is -0.698. The molecule has 0 fully saturated rings. The molecule has 0 radical (unpaired) electrons. The fourth-order valence-corrected chi connectivity index (χ4v) is 2.53. The highest BCUT2D eigenvalue weighted by Crippen LogP contribution is 2.24. The SMILES string of the molecule is CN(C)c1ccc(CC(c2ccccc2)C(N)C(N)=O)cc1. The van der Waals surface area contributed by atoms with Crippen LogP contribution < -0.4 is 16.4 Å². The molecule has 2 aromatic carbocycles. The van der Waals surface area contributed by atoms with E-state index in [0.29, 0.717) is 6.42 Å². The minimum absolute atomic E-state index is 0.121. The molecule has 4 N–H and O–H groups in total. The van der Waals surface area contributed by atoms with Crippen LogP contribution in [0.5, 0.6) is 0 Å². The first-order valence-corrected chi connectivity index (χ1v) is 7.35. The van der Waals surface area contributed by atoms with Gasteiger partial charge in [-0.15, -0.1) is 0 Å². The smallest absolute Gasteiger partial charge is 0.234 e. The molecule has 0 aromatic heterocycles. The van der Waals surface area contributed by atoms with Crippen LogP contribution >= 0.6 is 0 Å². The molecule has 4 nitrogen and oxygen atoms in total. The molecule has 4 heteroatoms. The fourth-order valence-electron chi connectivity index (χ4n) is 2.53. The highest BCUT2D eigenvalue weighted by molar-refractivity contribution is 5.80. The number of hydrogen-bond acceptors (Lipinski definition) is 3. The maximum absolute atomic E-state index is 11.5. The highest BCUT2D eigenvalue weighted by Gasteiger charge is 2.24. The monoisotopic (exact) mass is 297 g/mol. The van der Waals surface area contributed by atoms with Crippen molar-refractivity contribution in [1.29, 1.82) is 0 Å². The zero-order chi connectivity index (χ0) is 16.1. The van der Waals surface area contributed by atoms with Crippen LogP contribution in [0.25, 0.3) is 0 Å². The zero-order valence-corrected chi connectivity index (χ0v) is 13.1. The molecule has 0 saturated carbocycles. The Morgan fingerprint density at radius 2 is 1.64 bits per heavy atom. The van der Waals surface area contributed by atoms with E-state index in [-0.39, 0.29) is 5.92 Å². The Bertz CT molecular complexity index is 608. The summed E-state index contributed by atoms with van der Waals surface area (Å²) in [5.74, 6) is -0.595. The van der Waals surface area contributed by atoms with Crippen molar-refractivity contribution in [3.63, 3.8) is 0 Å². The van der Waals surface area contributed by atoms with Crippen molar-refractivity contribution in [2.75, 3.05) is 19.0 Å². The van der Waals surface area contributed by atoms with Crippen molar-refractivity contribution < 1.29 is 4.79 Å². The van der Waals surface area contributed by atoms with Gasteiger partial charge in [-0.3, -0.25) is 4.79 Å². The lowest BCUT2D eigenvalue weighted by molar-refractivity contribution is -0.119. The number of carbonyl (C=O) groups is 1. The van der Waals surface area contributed by atoms with Crippen molar-refractivity contribution in [1.82, 2.24) is 0 Å². The van der Waals surface area contributed by atoms with Gasteiger partial charge >= 0.3 is 0 Å². The molecule has 2 aromatic rings. The van der Waals surface area contributed by atoms with Crippen LogP contribution in [0.3, 0.4) is 0 Å². The Labute approximate surface area is 131 Å². The Morgan fingerprint density at radius 3 is 2.14 bits per heavy atom. The largest absolute Gasteiger partial charge is 0.378 e. The van der Waals surface area contributed by atoms with E-state index < -0.39 is 11.9 Å². The third kappa shape index (κ3) is 3.86. The van der Waals surface area contributed by atoms with Gasteiger partial charge in [0.25, 0.3) is 0 Å². The molecule has 0 spiro atoms. The van der Waals surface area contributed by atoms with E-state index in [9.17, 15) is 4.79 Å². The van der Waals surface area contributed by atoms with Gasteiger partial charge in [-0.2, -0.15) is 0 Å². The molecule has 2 atom stereocenters. The van der Waals surface area contributed by atoms with Crippen LogP contribution in [0.15, 0.2) is 54.6 Å². The number of rotatable bonds is 6. The molecule has 0 aliphatic heterocycles. The summed E-state index contributed by atoms with van der Waals surface area (Å²) in [6.45, 7) is 0. The third-order valence-corrected chi connectivity index (χ3v) is 3.90. The van der Waals surface area contributed by atoms with Crippen molar-refractivity contribution in [2.45, 2.75) is 18.4 Å². The molecule has 2 rings (SSSR count). The minimum Gasteiger partial charge on any atom is -0.378 e. The van der Waals surface area contributed by atoms with E-state index in [4.69, 9.17) is 11.5 Å². The normalized spacial score (nSPS) is 13.4. The molecular formula is C18H23N3O. The van der Waals surface area contributed by atoms with E-state index in [0.717, 1.165) is 16.8 Å². The maximum Gasteiger partial charge on any atom is 0.234 e. The van der Waals surface area contributed by atoms with Gasteiger partial charge in [-0.1, -0.05) is 42.5 Å². The number of benzene rings is 2. The Balaban J connectivity index is 2.25. The van der Waals surface area contributed by atoms with Crippen LogP contribution in [0.2, 0.25) is 0 Å². The summed E-state index contributed by atoms with van der Waals surface area (Å²) < 4.78 is 0. The maximum atomic E-state index is 11.5. The average Bonchev–Trinajstić information content (AvgIpc) is 2.53. The Hall–Kier alpha value is -2.33. The number of amides is 1. The van der Waals surface area contributed by atoms with Crippen LogP contribution in [0.1, 0.15) is 17.0 Å². The molecular weight excluding hydrogens is 274 g/mol. The van der Waals surface area contributed by atoms with Crippen molar-refractivity contribution in [3.8, 4) is 0 Å². The standard InChI is InChI=1S/C18H23N3O/c1-21(2)15-10-8-13(9-11-15)12-16(17(19)18(20)22)14-6-4-3-5-7-14/h3-11,16-17H,12,19H2,1-2H3,(H2,20,22). The molecule has 22 heavy (non-hydrogen) atoms. The van der Waals surface area contributed by atoms with Gasteiger partial charge in [0.05, 0.1) is 6.04 Å². The average molecular weight is 297 g/mol. The van der Waals surface area contributed by atoms with Gasteiger partial charge < -0.3 is 16.4 Å². The number of nitrogens with zero attached hydrogens (tertiary/aromatic N) is 1. The number of carbonyl (C=O) groups excluding carboxylic acids is 1. The first-order valence-electron chi connectivity index (χ1n) is 7.35. The number of primary amides is 1.